The first-order chi connectivity index (χ1) is 15.1. The highest BCUT2D eigenvalue weighted by molar-refractivity contribution is 6.31. The molecule has 0 unspecified atom stereocenters. The summed E-state index contributed by atoms with van der Waals surface area (Å²) in [4.78, 5) is 24.2. The summed E-state index contributed by atoms with van der Waals surface area (Å²) in [6.07, 6.45) is 5.26. The fraction of sp³-hybridized carbons (Fsp3) is 0.167. The summed E-state index contributed by atoms with van der Waals surface area (Å²) < 4.78 is 1.99. The summed E-state index contributed by atoms with van der Waals surface area (Å²) in [5.41, 5.74) is 4.51. The summed E-state index contributed by atoms with van der Waals surface area (Å²) in [5.74, 6) is 0.811. The Hall–Kier alpha value is -3.69. The molecule has 7 heteroatoms. The highest BCUT2D eigenvalue weighted by atomic mass is 35.5. The molecule has 1 aliphatic heterocycles. The number of hydrogen-bond acceptors (Lipinski definition) is 4. The Bertz CT molecular complexity index is 1430. The number of amides is 1. The van der Waals surface area contributed by atoms with Crippen molar-refractivity contribution >= 4 is 34.2 Å². The first kappa shape index (κ1) is 18.1. The van der Waals surface area contributed by atoms with Gasteiger partial charge in [0.25, 0.3) is 0 Å². The number of halogens is 1. The number of pyridine rings is 1. The van der Waals surface area contributed by atoms with Gasteiger partial charge in [0.05, 0.1) is 46.5 Å². The summed E-state index contributed by atoms with van der Waals surface area (Å²) >= 11 is 6.21. The number of carbonyl (C=O) groups excluding carboxylic acids is 1. The zero-order valence-electron chi connectivity index (χ0n) is 16.4. The molecule has 0 atom stereocenters. The SMILES string of the molecule is N#Cc1cccc(-n2c(CN3C(=O)C4(CC4)c4ccncc43)nc3cc(Cl)ccc32)c1. The van der Waals surface area contributed by atoms with Crippen molar-refractivity contribution in [3.63, 3.8) is 0 Å². The van der Waals surface area contributed by atoms with Gasteiger partial charge in [-0.05, 0) is 60.9 Å². The molecule has 2 aliphatic rings. The number of hydrogen-bond donors (Lipinski definition) is 0. The van der Waals surface area contributed by atoms with Crippen LogP contribution in [0.1, 0.15) is 29.8 Å². The van der Waals surface area contributed by atoms with Crippen molar-refractivity contribution in [1.82, 2.24) is 14.5 Å². The number of nitriles is 1. The molecule has 31 heavy (non-hydrogen) atoms. The van der Waals surface area contributed by atoms with E-state index >= 15 is 0 Å². The molecule has 0 saturated heterocycles. The molecule has 150 valence electrons. The molecule has 2 aromatic heterocycles. The lowest BCUT2D eigenvalue weighted by Crippen LogP contribution is -2.32. The monoisotopic (exact) mass is 425 g/mol. The average Bonchev–Trinajstić information content (AvgIpc) is 3.48. The maximum atomic E-state index is 13.4. The number of rotatable bonds is 3. The van der Waals surface area contributed by atoms with Gasteiger partial charge in [-0.15, -0.1) is 0 Å². The topological polar surface area (TPSA) is 74.8 Å². The molecule has 6 nitrogen and oxygen atoms in total. The van der Waals surface area contributed by atoms with Crippen LogP contribution in [0.3, 0.4) is 0 Å². The van der Waals surface area contributed by atoms with E-state index in [1.807, 2.05) is 47.0 Å². The third kappa shape index (κ3) is 2.60. The molecule has 2 aromatic carbocycles. The van der Waals surface area contributed by atoms with Crippen LogP contribution in [0, 0.1) is 11.3 Å². The predicted molar refractivity (Wildman–Crippen MR) is 117 cm³/mol. The third-order valence-electron chi connectivity index (χ3n) is 6.23. The molecule has 1 saturated carbocycles. The van der Waals surface area contributed by atoms with E-state index in [0.717, 1.165) is 40.8 Å². The smallest absolute Gasteiger partial charge is 0.238 e. The van der Waals surface area contributed by atoms with Gasteiger partial charge in [-0.25, -0.2) is 4.98 Å². The highest BCUT2D eigenvalue weighted by Crippen LogP contribution is 2.57. The van der Waals surface area contributed by atoms with E-state index in [9.17, 15) is 10.1 Å². The van der Waals surface area contributed by atoms with Crippen molar-refractivity contribution in [3.05, 3.63) is 82.9 Å². The van der Waals surface area contributed by atoms with Crippen LogP contribution >= 0.6 is 11.6 Å². The molecule has 6 rings (SSSR count). The Morgan fingerprint density at radius 2 is 2.03 bits per heavy atom. The zero-order chi connectivity index (χ0) is 21.2. The molecular formula is C24H16ClN5O. The average molecular weight is 426 g/mol. The minimum Gasteiger partial charge on any atom is -0.302 e. The van der Waals surface area contributed by atoms with Crippen molar-refractivity contribution < 1.29 is 4.79 Å². The maximum absolute atomic E-state index is 13.4. The molecular weight excluding hydrogens is 410 g/mol. The molecule has 1 spiro atoms. The van der Waals surface area contributed by atoms with Crippen LogP contribution in [-0.4, -0.2) is 20.4 Å². The summed E-state index contributed by atoms with van der Waals surface area (Å²) in [6.45, 7) is 0.308. The number of carbonyl (C=O) groups is 1. The van der Waals surface area contributed by atoms with Crippen molar-refractivity contribution in [2.24, 2.45) is 0 Å². The minimum atomic E-state index is -0.390. The first-order valence-electron chi connectivity index (χ1n) is 10.0. The quantitative estimate of drug-likeness (QED) is 0.483. The summed E-state index contributed by atoms with van der Waals surface area (Å²) in [5, 5.41) is 9.96. The van der Waals surface area contributed by atoms with Crippen LogP contribution in [0.15, 0.2) is 60.9 Å². The Morgan fingerprint density at radius 3 is 2.84 bits per heavy atom. The van der Waals surface area contributed by atoms with E-state index < -0.39 is 0 Å². The summed E-state index contributed by atoms with van der Waals surface area (Å²) in [6, 6.07) is 17.1. The molecule has 4 aromatic rings. The number of imidazole rings is 1. The Labute approximate surface area is 183 Å². The second-order valence-corrected chi connectivity index (χ2v) is 8.46. The fourth-order valence-electron chi connectivity index (χ4n) is 4.61. The Kier molecular flexibility index (Phi) is 3.74. The van der Waals surface area contributed by atoms with Crippen LogP contribution in [-0.2, 0) is 16.8 Å². The van der Waals surface area contributed by atoms with Gasteiger partial charge < -0.3 is 4.90 Å². The van der Waals surface area contributed by atoms with Crippen LogP contribution < -0.4 is 4.90 Å². The van der Waals surface area contributed by atoms with Crippen molar-refractivity contribution in [2.45, 2.75) is 24.8 Å². The van der Waals surface area contributed by atoms with Gasteiger partial charge in [-0.3, -0.25) is 14.3 Å². The number of fused-ring (bicyclic) bond motifs is 3. The van der Waals surface area contributed by atoms with Gasteiger partial charge in [-0.2, -0.15) is 5.26 Å². The van der Waals surface area contributed by atoms with Crippen LogP contribution in [0.2, 0.25) is 5.02 Å². The number of aromatic nitrogens is 3. The van der Waals surface area contributed by atoms with Crippen LogP contribution in [0.5, 0.6) is 0 Å². The highest BCUT2D eigenvalue weighted by Gasteiger charge is 2.59. The number of anilines is 1. The van der Waals surface area contributed by atoms with Gasteiger partial charge >= 0.3 is 0 Å². The van der Waals surface area contributed by atoms with E-state index in [2.05, 4.69) is 11.1 Å². The molecule has 1 aliphatic carbocycles. The van der Waals surface area contributed by atoms with Gasteiger partial charge in [-0.1, -0.05) is 17.7 Å². The van der Waals surface area contributed by atoms with E-state index in [0.29, 0.717) is 23.0 Å². The van der Waals surface area contributed by atoms with Crippen molar-refractivity contribution in [2.75, 3.05) is 4.90 Å². The normalized spacial score (nSPS) is 16.0. The second kappa shape index (κ2) is 6.40. The molecule has 1 fully saturated rings. The molecule has 0 radical (unpaired) electrons. The Balaban J connectivity index is 1.52. The van der Waals surface area contributed by atoms with E-state index in [4.69, 9.17) is 16.6 Å². The van der Waals surface area contributed by atoms with E-state index in [1.54, 1.807) is 23.4 Å². The van der Waals surface area contributed by atoms with Crippen molar-refractivity contribution in [1.29, 1.82) is 5.26 Å². The summed E-state index contributed by atoms with van der Waals surface area (Å²) in [7, 11) is 0. The fourth-order valence-corrected chi connectivity index (χ4v) is 4.77. The number of benzene rings is 2. The van der Waals surface area contributed by atoms with Gasteiger partial charge in [0.2, 0.25) is 5.91 Å². The maximum Gasteiger partial charge on any atom is 0.238 e. The lowest BCUT2D eigenvalue weighted by Gasteiger charge is -2.18. The van der Waals surface area contributed by atoms with Crippen LogP contribution in [0.25, 0.3) is 16.7 Å². The van der Waals surface area contributed by atoms with Crippen molar-refractivity contribution in [3.8, 4) is 11.8 Å². The zero-order valence-corrected chi connectivity index (χ0v) is 17.2. The minimum absolute atomic E-state index is 0.109. The largest absolute Gasteiger partial charge is 0.302 e. The van der Waals surface area contributed by atoms with Gasteiger partial charge in [0.15, 0.2) is 0 Å². The Morgan fingerprint density at radius 1 is 1.16 bits per heavy atom. The molecule has 0 bridgehead atoms. The van der Waals surface area contributed by atoms with Gasteiger partial charge in [0, 0.05) is 16.9 Å². The lowest BCUT2D eigenvalue weighted by molar-refractivity contribution is -0.120. The van der Waals surface area contributed by atoms with E-state index in [-0.39, 0.29) is 11.3 Å². The third-order valence-corrected chi connectivity index (χ3v) is 6.47. The van der Waals surface area contributed by atoms with E-state index in [1.165, 1.54) is 0 Å². The number of nitrogens with zero attached hydrogens (tertiary/aromatic N) is 5. The lowest BCUT2D eigenvalue weighted by atomic mass is 9.99. The molecule has 3 heterocycles. The second-order valence-electron chi connectivity index (χ2n) is 8.02. The first-order valence-corrected chi connectivity index (χ1v) is 10.4. The standard InChI is InChI=1S/C24H16ClN5O/c25-16-4-5-20-19(11-16)28-22(30(20)17-3-1-2-15(10-17)12-26)14-29-21-13-27-9-6-18(21)24(7-8-24)23(29)31/h1-6,9-11,13H,7-8,14H2. The molecule has 1 amide bonds. The van der Waals surface area contributed by atoms with Crippen LogP contribution in [0.4, 0.5) is 5.69 Å². The molecule has 0 N–H and O–H groups in total. The van der Waals surface area contributed by atoms with Gasteiger partial charge in [0.1, 0.15) is 5.82 Å². The predicted octanol–water partition coefficient (Wildman–Crippen LogP) is 4.52.